The van der Waals surface area contributed by atoms with Crippen molar-refractivity contribution in [2.45, 2.75) is 13.0 Å². The number of isocyanates is 1. The molecular formula is C6H12N2O. The first-order valence-corrected chi connectivity index (χ1v) is 2.88. The summed E-state index contributed by atoms with van der Waals surface area (Å²) in [4.78, 5) is 15.1. The number of carbonyl (C=O) groups excluding carboxylic acids is 1. The Labute approximate surface area is 55.4 Å². The average Bonchev–Trinajstić information content (AvgIpc) is 1.82. The standard InChI is InChI=1S/C6H12N2O/c1-6(8(2)3)4-7-5-9/h6H,4H2,1-3H3. The summed E-state index contributed by atoms with van der Waals surface area (Å²) in [5, 5.41) is 0. The lowest BCUT2D eigenvalue weighted by molar-refractivity contribution is 0.320. The fourth-order valence-electron chi connectivity index (χ4n) is 0.333. The minimum atomic E-state index is 0.325. The molecule has 0 heterocycles. The first-order chi connectivity index (χ1) is 4.18. The molecule has 0 radical (unpaired) electrons. The van der Waals surface area contributed by atoms with Crippen LogP contribution < -0.4 is 0 Å². The Morgan fingerprint density at radius 2 is 2.22 bits per heavy atom. The molecule has 0 bridgehead atoms. The van der Waals surface area contributed by atoms with Crippen LogP contribution in [0.15, 0.2) is 4.99 Å². The number of likely N-dealkylation sites (N-methyl/N-ethyl adjacent to an activating group) is 1. The lowest BCUT2D eigenvalue weighted by atomic mass is 10.3. The van der Waals surface area contributed by atoms with E-state index in [4.69, 9.17) is 0 Å². The van der Waals surface area contributed by atoms with Gasteiger partial charge in [0, 0.05) is 6.04 Å². The molecule has 1 atom stereocenters. The van der Waals surface area contributed by atoms with E-state index in [2.05, 4.69) is 4.99 Å². The Morgan fingerprint density at radius 1 is 1.67 bits per heavy atom. The van der Waals surface area contributed by atoms with Crippen LogP contribution in [-0.2, 0) is 4.79 Å². The maximum atomic E-state index is 9.62. The first-order valence-electron chi connectivity index (χ1n) is 2.88. The molecule has 3 heteroatoms. The molecule has 0 amide bonds. The Hall–Kier alpha value is -0.660. The van der Waals surface area contributed by atoms with Crippen molar-refractivity contribution in [1.29, 1.82) is 0 Å². The van der Waals surface area contributed by atoms with Crippen LogP contribution in [0.3, 0.4) is 0 Å². The van der Waals surface area contributed by atoms with E-state index in [0.717, 1.165) is 0 Å². The summed E-state index contributed by atoms with van der Waals surface area (Å²) < 4.78 is 0. The monoisotopic (exact) mass is 128 g/mol. The summed E-state index contributed by atoms with van der Waals surface area (Å²) in [6, 6.07) is 0.325. The van der Waals surface area contributed by atoms with Gasteiger partial charge in [-0.15, -0.1) is 0 Å². The summed E-state index contributed by atoms with van der Waals surface area (Å²) in [6.45, 7) is 2.54. The van der Waals surface area contributed by atoms with Crippen molar-refractivity contribution in [2.24, 2.45) is 4.99 Å². The maximum Gasteiger partial charge on any atom is 0.234 e. The SMILES string of the molecule is CC(CN=C=O)N(C)C. The third-order valence-electron chi connectivity index (χ3n) is 1.30. The fraction of sp³-hybridized carbons (Fsp3) is 0.833. The normalized spacial score (nSPS) is 12.9. The van der Waals surface area contributed by atoms with Crippen LogP contribution in [0.1, 0.15) is 6.92 Å². The molecule has 0 saturated carbocycles. The van der Waals surface area contributed by atoms with Crippen molar-refractivity contribution in [1.82, 2.24) is 4.90 Å². The zero-order valence-electron chi connectivity index (χ0n) is 6.09. The molecule has 0 saturated heterocycles. The van der Waals surface area contributed by atoms with Gasteiger partial charge in [0.1, 0.15) is 0 Å². The van der Waals surface area contributed by atoms with Gasteiger partial charge in [-0.25, -0.2) is 9.79 Å². The van der Waals surface area contributed by atoms with E-state index in [1.54, 1.807) is 0 Å². The molecule has 1 unspecified atom stereocenters. The van der Waals surface area contributed by atoms with Gasteiger partial charge in [-0.2, -0.15) is 0 Å². The van der Waals surface area contributed by atoms with Gasteiger partial charge in [0.15, 0.2) is 0 Å². The highest BCUT2D eigenvalue weighted by Crippen LogP contribution is 1.89. The molecular weight excluding hydrogens is 116 g/mol. The topological polar surface area (TPSA) is 32.7 Å². The van der Waals surface area contributed by atoms with Crippen LogP contribution in [0, 0.1) is 0 Å². The quantitative estimate of drug-likeness (QED) is 0.404. The molecule has 0 aliphatic rings. The molecule has 0 spiro atoms. The zero-order valence-corrected chi connectivity index (χ0v) is 6.09. The third kappa shape index (κ3) is 3.88. The van der Waals surface area contributed by atoms with Crippen LogP contribution in [0.5, 0.6) is 0 Å². The smallest absolute Gasteiger partial charge is 0.234 e. The van der Waals surface area contributed by atoms with Crippen molar-refractivity contribution >= 4 is 6.08 Å². The lowest BCUT2D eigenvalue weighted by Crippen LogP contribution is -2.27. The van der Waals surface area contributed by atoms with E-state index in [1.165, 1.54) is 6.08 Å². The highest BCUT2D eigenvalue weighted by atomic mass is 16.1. The summed E-state index contributed by atoms with van der Waals surface area (Å²) in [7, 11) is 3.90. The number of hydrogen-bond acceptors (Lipinski definition) is 3. The summed E-state index contributed by atoms with van der Waals surface area (Å²) >= 11 is 0. The van der Waals surface area contributed by atoms with Crippen LogP contribution in [0.4, 0.5) is 0 Å². The minimum absolute atomic E-state index is 0.325. The summed E-state index contributed by atoms with van der Waals surface area (Å²) in [5.41, 5.74) is 0. The number of nitrogens with zero attached hydrogens (tertiary/aromatic N) is 2. The van der Waals surface area contributed by atoms with Crippen LogP contribution in [-0.4, -0.2) is 37.7 Å². The van der Waals surface area contributed by atoms with Crippen molar-refractivity contribution in [3.8, 4) is 0 Å². The van der Waals surface area contributed by atoms with Crippen LogP contribution in [0.2, 0.25) is 0 Å². The number of aliphatic imine (C=N–C) groups is 1. The van der Waals surface area contributed by atoms with E-state index in [1.807, 2.05) is 25.9 Å². The first kappa shape index (κ1) is 8.34. The van der Waals surface area contributed by atoms with Gasteiger partial charge in [-0.05, 0) is 21.0 Å². The maximum absolute atomic E-state index is 9.62. The molecule has 52 valence electrons. The molecule has 0 fully saturated rings. The molecule has 0 N–H and O–H groups in total. The zero-order chi connectivity index (χ0) is 7.28. The summed E-state index contributed by atoms with van der Waals surface area (Å²) in [6.07, 6.45) is 1.50. The van der Waals surface area contributed by atoms with Crippen molar-refractivity contribution in [3.05, 3.63) is 0 Å². The number of rotatable bonds is 3. The molecule has 0 aliphatic heterocycles. The largest absolute Gasteiger partial charge is 0.305 e. The van der Waals surface area contributed by atoms with E-state index < -0.39 is 0 Å². The Morgan fingerprint density at radius 3 is 2.56 bits per heavy atom. The highest BCUT2D eigenvalue weighted by molar-refractivity contribution is 5.32. The van der Waals surface area contributed by atoms with E-state index in [-0.39, 0.29) is 0 Å². The Bertz CT molecular complexity index is 116. The molecule has 0 aromatic rings. The van der Waals surface area contributed by atoms with Gasteiger partial charge in [0.05, 0.1) is 6.54 Å². The van der Waals surface area contributed by atoms with E-state index >= 15 is 0 Å². The second kappa shape index (κ2) is 4.24. The number of hydrogen-bond donors (Lipinski definition) is 0. The van der Waals surface area contributed by atoms with Gasteiger partial charge >= 0.3 is 0 Å². The van der Waals surface area contributed by atoms with E-state index in [9.17, 15) is 4.79 Å². The Kier molecular flexibility index (Phi) is 3.93. The van der Waals surface area contributed by atoms with Crippen molar-refractivity contribution in [2.75, 3.05) is 20.6 Å². The fourth-order valence-corrected chi connectivity index (χ4v) is 0.333. The highest BCUT2D eigenvalue weighted by Gasteiger charge is 2.00. The van der Waals surface area contributed by atoms with Gasteiger partial charge in [0.2, 0.25) is 6.08 Å². The predicted molar refractivity (Wildman–Crippen MR) is 36.1 cm³/mol. The van der Waals surface area contributed by atoms with Crippen molar-refractivity contribution < 1.29 is 4.79 Å². The molecule has 0 aromatic carbocycles. The predicted octanol–water partition coefficient (Wildman–Crippen LogP) is 0.272. The molecule has 0 rings (SSSR count). The molecule has 0 aromatic heterocycles. The summed E-state index contributed by atoms with van der Waals surface area (Å²) in [5.74, 6) is 0. The second-order valence-corrected chi connectivity index (χ2v) is 2.24. The average molecular weight is 128 g/mol. The van der Waals surface area contributed by atoms with Crippen LogP contribution >= 0.6 is 0 Å². The van der Waals surface area contributed by atoms with Gasteiger partial charge in [-0.3, -0.25) is 0 Å². The molecule has 9 heavy (non-hydrogen) atoms. The lowest BCUT2D eigenvalue weighted by Gasteiger charge is -2.15. The van der Waals surface area contributed by atoms with E-state index in [0.29, 0.717) is 12.6 Å². The van der Waals surface area contributed by atoms with Gasteiger partial charge in [0.25, 0.3) is 0 Å². The van der Waals surface area contributed by atoms with Gasteiger partial charge < -0.3 is 4.90 Å². The van der Waals surface area contributed by atoms with Gasteiger partial charge in [-0.1, -0.05) is 0 Å². The van der Waals surface area contributed by atoms with Crippen LogP contribution in [0.25, 0.3) is 0 Å². The molecule has 0 aliphatic carbocycles. The second-order valence-electron chi connectivity index (χ2n) is 2.24. The third-order valence-corrected chi connectivity index (χ3v) is 1.30. The Balaban J connectivity index is 3.49. The van der Waals surface area contributed by atoms with Crippen molar-refractivity contribution in [3.63, 3.8) is 0 Å². The molecule has 3 nitrogen and oxygen atoms in total. The minimum Gasteiger partial charge on any atom is -0.305 e.